The highest BCUT2D eigenvalue weighted by Gasteiger charge is 2.01. The van der Waals surface area contributed by atoms with E-state index in [2.05, 4.69) is 16.7 Å². The average molecular weight is 374 g/mol. The number of hydrogen-bond acceptors (Lipinski definition) is 3. The molecule has 2 aromatic carbocycles. The third kappa shape index (κ3) is 7.12. The number of benzene rings is 2. The van der Waals surface area contributed by atoms with Gasteiger partial charge in [0.05, 0.1) is 12.5 Å². The predicted octanol–water partition coefficient (Wildman–Crippen LogP) is 4.50. The van der Waals surface area contributed by atoms with Crippen LogP contribution in [0.3, 0.4) is 0 Å². The Morgan fingerprint density at radius 1 is 1.16 bits per heavy atom. The first-order chi connectivity index (χ1) is 12.2. The minimum Gasteiger partial charge on any atom is -0.362 e. The SMILES string of the molecule is N#CCc1ccc(NC(=S)NCCCSCc2ccccc2F)cc1. The van der Waals surface area contributed by atoms with Crippen LogP contribution in [0.1, 0.15) is 17.5 Å². The minimum absolute atomic E-state index is 0.140. The van der Waals surface area contributed by atoms with Crippen molar-refractivity contribution in [3.63, 3.8) is 0 Å². The van der Waals surface area contributed by atoms with E-state index in [-0.39, 0.29) is 5.82 Å². The minimum atomic E-state index is -0.140. The summed E-state index contributed by atoms with van der Waals surface area (Å²) in [6, 6.07) is 16.6. The summed E-state index contributed by atoms with van der Waals surface area (Å²) >= 11 is 6.97. The number of hydrogen-bond donors (Lipinski definition) is 2. The van der Waals surface area contributed by atoms with Crippen molar-refractivity contribution in [1.29, 1.82) is 5.26 Å². The van der Waals surface area contributed by atoms with E-state index < -0.39 is 0 Å². The highest BCUT2D eigenvalue weighted by molar-refractivity contribution is 7.98. The Morgan fingerprint density at radius 2 is 1.92 bits per heavy atom. The second kappa shape index (κ2) is 10.7. The Morgan fingerprint density at radius 3 is 2.64 bits per heavy atom. The van der Waals surface area contributed by atoms with Crippen molar-refractivity contribution in [2.75, 3.05) is 17.6 Å². The van der Waals surface area contributed by atoms with E-state index in [1.54, 1.807) is 17.8 Å². The fraction of sp³-hybridized carbons (Fsp3) is 0.263. The van der Waals surface area contributed by atoms with E-state index in [0.717, 1.165) is 35.5 Å². The molecule has 0 atom stereocenters. The summed E-state index contributed by atoms with van der Waals surface area (Å²) in [5, 5.41) is 15.5. The first kappa shape index (κ1) is 19.2. The van der Waals surface area contributed by atoms with E-state index in [1.807, 2.05) is 36.4 Å². The lowest BCUT2D eigenvalue weighted by Crippen LogP contribution is -2.29. The van der Waals surface area contributed by atoms with Gasteiger partial charge in [-0.2, -0.15) is 17.0 Å². The van der Waals surface area contributed by atoms with Crippen LogP contribution in [0.4, 0.5) is 10.1 Å². The summed E-state index contributed by atoms with van der Waals surface area (Å²) in [5.41, 5.74) is 2.63. The molecule has 25 heavy (non-hydrogen) atoms. The van der Waals surface area contributed by atoms with E-state index in [0.29, 0.717) is 17.3 Å². The van der Waals surface area contributed by atoms with Gasteiger partial charge < -0.3 is 10.6 Å². The normalized spacial score (nSPS) is 10.1. The molecule has 0 saturated heterocycles. The highest BCUT2D eigenvalue weighted by Crippen LogP contribution is 2.15. The summed E-state index contributed by atoms with van der Waals surface area (Å²) in [6.45, 7) is 0.766. The van der Waals surface area contributed by atoms with Gasteiger partial charge in [-0.3, -0.25) is 0 Å². The van der Waals surface area contributed by atoms with Crippen LogP contribution >= 0.6 is 24.0 Å². The van der Waals surface area contributed by atoms with Gasteiger partial charge in [-0.1, -0.05) is 30.3 Å². The molecule has 0 unspecified atom stereocenters. The molecule has 0 aliphatic carbocycles. The van der Waals surface area contributed by atoms with Gasteiger partial charge in [0.1, 0.15) is 5.82 Å². The molecule has 130 valence electrons. The zero-order valence-corrected chi connectivity index (χ0v) is 15.4. The maximum absolute atomic E-state index is 13.5. The Balaban J connectivity index is 1.59. The number of nitrogens with one attached hydrogen (secondary N) is 2. The monoisotopic (exact) mass is 373 g/mol. The van der Waals surface area contributed by atoms with Crippen LogP contribution in [0.15, 0.2) is 48.5 Å². The number of nitriles is 1. The van der Waals surface area contributed by atoms with Crippen molar-refractivity contribution < 1.29 is 4.39 Å². The number of rotatable bonds is 8. The number of thioether (sulfide) groups is 1. The van der Waals surface area contributed by atoms with E-state index >= 15 is 0 Å². The fourth-order valence-electron chi connectivity index (χ4n) is 2.15. The number of halogens is 1. The van der Waals surface area contributed by atoms with Crippen LogP contribution in [0.5, 0.6) is 0 Å². The lowest BCUT2D eigenvalue weighted by molar-refractivity contribution is 0.617. The van der Waals surface area contributed by atoms with Crippen LogP contribution in [0, 0.1) is 17.1 Å². The predicted molar refractivity (Wildman–Crippen MR) is 107 cm³/mol. The second-order valence-electron chi connectivity index (χ2n) is 5.41. The van der Waals surface area contributed by atoms with Gasteiger partial charge in [0.25, 0.3) is 0 Å². The number of nitrogens with zero attached hydrogens (tertiary/aromatic N) is 1. The van der Waals surface area contributed by atoms with Crippen molar-refractivity contribution in [3.05, 3.63) is 65.5 Å². The molecule has 6 heteroatoms. The molecule has 0 saturated carbocycles. The molecule has 0 fully saturated rings. The van der Waals surface area contributed by atoms with E-state index in [4.69, 9.17) is 17.5 Å². The Kier molecular flexibility index (Phi) is 8.23. The Bertz CT molecular complexity index is 726. The Labute approximate surface area is 157 Å². The van der Waals surface area contributed by atoms with Crippen molar-refractivity contribution >= 4 is 34.8 Å². The van der Waals surface area contributed by atoms with Gasteiger partial charge in [0.15, 0.2) is 5.11 Å². The lowest BCUT2D eigenvalue weighted by atomic mass is 10.1. The molecule has 0 amide bonds. The summed E-state index contributed by atoms with van der Waals surface area (Å²) < 4.78 is 13.5. The highest BCUT2D eigenvalue weighted by atomic mass is 32.2. The van der Waals surface area contributed by atoms with E-state index in [1.165, 1.54) is 6.07 Å². The van der Waals surface area contributed by atoms with Crippen LogP contribution in [0.2, 0.25) is 0 Å². The summed E-state index contributed by atoms with van der Waals surface area (Å²) in [7, 11) is 0. The van der Waals surface area contributed by atoms with Gasteiger partial charge in [-0.05, 0) is 53.7 Å². The van der Waals surface area contributed by atoms with Crippen molar-refractivity contribution in [2.24, 2.45) is 0 Å². The summed E-state index contributed by atoms with van der Waals surface area (Å²) in [4.78, 5) is 0. The molecule has 0 aromatic heterocycles. The topological polar surface area (TPSA) is 47.9 Å². The first-order valence-corrected chi connectivity index (χ1v) is 9.57. The second-order valence-corrected chi connectivity index (χ2v) is 6.92. The number of thiocarbonyl (C=S) groups is 1. The average Bonchev–Trinajstić information content (AvgIpc) is 2.61. The third-order valence-corrected chi connectivity index (χ3v) is 4.80. The fourth-order valence-corrected chi connectivity index (χ4v) is 3.31. The maximum Gasteiger partial charge on any atom is 0.170 e. The zero-order valence-electron chi connectivity index (χ0n) is 13.8. The lowest BCUT2D eigenvalue weighted by Gasteiger charge is -2.10. The molecule has 0 aliphatic heterocycles. The third-order valence-electron chi connectivity index (χ3n) is 3.46. The van der Waals surface area contributed by atoms with Crippen LogP contribution in [-0.4, -0.2) is 17.4 Å². The Hall–Kier alpha value is -2.10. The molecule has 0 bridgehead atoms. The molecule has 2 rings (SSSR count). The van der Waals surface area contributed by atoms with Crippen molar-refractivity contribution in [1.82, 2.24) is 5.32 Å². The van der Waals surface area contributed by atoms with Gasteiger partial charge in [-0.15, -0.1) is 0 Å². The van der Waals surface area contributed by atoms with Gasteiger partial charge >= 0.3 is 0 Å². The molecule has 0 heterocycles. The van der Waals surface area contributed by atoms with Crippen LogP contribution < -0.4 is 10.6 Å². The molecule has 0 radical (unpaired) electrons. The maximum atomic E-state index is 13.5. The number of anilines is 1. The smallest absolute Gasteiger partial charge is 0.170 e. The summed E-state index contributed by atoms with van der Waals surface area (Å²) in [5.74, 6) is 1.48. The first-order valence-electron chi connectivity index (χ1n) is 8.01. The molecule has 0 aliphatic rings. The molecular weight excluding hydrogens is 353 g/mol. The molecule has 3 nitrogen and oxygen atoms in total. The van der Waals surface area contributed by atoms with Gasteiger partial charge in [0.2, 0.25) is 0 Å². The standard InChI is InChI=1S/C19H20FN3S2/c20-18-5-2-1-4-16(18)14-25-13-3-12-22-19(24)23-17-8-6-15(7-9-17)10-11-21/h1-2,4-9H,3,10,12-14H2,(H2,22,23,24). The van der Waals surface area contributed by atoms with Crippen LogP contribution in [0.25, 0.3) is 0 Å². The summed E-state index contributed by atoms with van der Waals surface area (Å²) in [6.07, 6.45) is 1.36. The largest absolute Gasteiger partial charge is 0.362 e. The van der Waals surface area contributed by atoms with Crippen molar-refractivity contribution in [3.8, 4) is 6.07 Å². The van der Waals surface area contributed by atoms with Crippen LogP contribution in [-0.2, 0) is 12.2 Å². The zero-order chi connectivity index (χ0) is 17.9. The van der Waals surface area contributed by atoms with Gasteiger partial charge in [-0.25, -0.2) is 4.39 Å². The molecule has 2 N–H and O–H groups in total. The molecule has 0 spiro atoms. The van der Waals surface area contributed by atoms with Gasteiger partial charge in [0, 0.05) is 18.0 Å². The molecular formula is C19H20FN3S2. The quantitative estimate of drug-likeness (QED) is 0.527. The van der Waals surface area contributed by atoms with Crippen molar-refractivity contribution in [2.45, 2.75) is 18.6 Å². The van der Waals surface area contributed by atoms with E-state index in [9.17, 15) is 4.39 Å². The molecule has 2 aromatic rings.